The van der Waals surface area contributed by atoms with Crippen molar-refractivity contribution in [1.82, 2.24) is 0 Å². The van der Waals surface area contributed by atoms with Crippen molar-refractivity contribution >= 4 is 11.8 Å². The molecule has 0 bridgehead atoms. The van der Waals surface area contributed by atoms with Gasteiger partial charge < -0.3 is 14.6 Å². The van der Waals surface area contributed by atoms with Gasteiger partial charge in [0.2, 0.25) is 0 Å². The number of carbonyl (C=O) groups excluding carboxylic acids is 2. The van der Waals surface area contributed by atoms with Crippen LogP contribution in [-0.4, -0.2) is 42.3 Å². The normalized spacial score (nSPS) is 12.1. The van der Waals surface area contributed by atoms with Crippen LogP contribution >= 0.6 is 0 Å². The second-order valence-corrected chi connectivity index (χ2v) is 7.67. The molecule has 0 spiro atoms. The highest BCUT2D eigenvalue weighted by atomic mass is 16.6. The van der Waals surface area contributed by atoms with Crippen LogP contribution in [0.3, 0.4) is 0 Å². The minimum atomic E-state index is -1.36. The van der Waals surface area contributed by atoms with Gasteiger partial charge in [0.1, 0.15) is 12.2 Å². The second kappa shape index (κ2) is 9.83. The Kier molecular flexibility index (Phi) is 8.44. The Morgan fingerprint density at radius 2 is 1.62 bits per heavy atom. The number of hydrogen-bond acceptors (Lipinski definition) is 5. The van der Waals surface area contributed by atoms with Gasteiger partial charge in [0.05, 0.1) is 12.0 Å². The fourth-order valence-corrected chi connectivity index (χ4v) is 2.19. The van der Waals surface area contributed by atoms with Crippen molar-refractivity contribution in [2.45, 2.75) is 59.5 Å². The first-order valence-corrected chi connectivity index (χ1v) is 9.19. The van der Waals surface area contributed by atoms with Gasteiger partial charge in [-0.1, -0.05) is 31.2 Å². The Hall–Kier alpha value is -1.72. The number of hydrogen-bond donors (Lipinski definition) is 1. The SMILES string of the molecule is CCC(C)(C)C(=O)OCCOCCCc1ccc(C(=O)C(C)(C)O)cc1. The van der Waals surface area contributed by atoms with E-state index in [2.05, 4.69) is 0 Å². The Morgan fingerprint density at radius 1 is 1.00 bits per heavy atom. The molecule has 0 saturated carbocycles. The van der Waals surface area contributed by atoms with Crippen molar-refractivity contribution in [3.63, 3.8) is 0 Å². The molecule has 0 heterocycles. The number of esters is 1. The Balaban J connectivity index is 2.23. The van der Waals surface area contributed by atoms with Crippen LogP contribution in [0, 0.1) is 5.41 Å². The van der Waals surface area contributed by atoms with Gasteiger partial charge in [-0.05, 0) is 52.5 Å². The van der Waals surface area contributed by atoms with Gasteiger partial charge in [-0.15, -0.1) is 0 Å². The summed E-state index contributed by atoms with van der Waals surface area (Å²) in [5.74, 6) is -0.475. The van der Waals surface area contributed by atoms with E-state index in [1.165, 1.54) is 13.8 Å². The summed E-state index contributed by atoms with van der Waals surface area (Å²) in [6.07, 6.45) is 2.42. The molecule has 0 aliphatic carbocycles. The van der Waals surface area contributed by atoms with Gasteiger partial charge in [-0.2, -0.15) is 0 Å². The molecule has 0 radical (unpaired) electrons. The molecule has 0 fully saturated rings. The van der Waals surface area contributed by atoms with Gasteiger partial charge in [-0.25, -0.2) is 0 Å². The zero-order chi connectivity index (χ0) is 19.8. The molecule has 1 aromatic carbocycles. The quantitative estimate of drug-likeness (QED) is 0.369. The molecule has 26 heavy (non-hydrogen) atoms. The average molecular weight is 364 g/mol. The van der Waals surface area contributed by atoms with Crippen molar-refractivity contribution in [2.75, 3.05) is 19.8 Å². The molecular weight excluding hydrogens is 332 g/mol. The fourth-order valence-electron chi connectivity index (χ4n) is 2.19. The largest absolute Gasteiger partial charge is 0.463 e. The standard InChI is InChI=1S/C21H32O5/c1-6-20(2,3)19(23)26-15-14-25-13-7-8-16-9-11-17(12-10-16)18(22)21(4,5)24/h9-12,24H,6-8,13-15H2,1-5H3. The third-order valence-corrected chi connectivity index (χ3v) is 4.42. The fraction of sp³-hybridized carbons (Fsp3) is 0.619. The predicted molar refractivity (Wildman–Crippen MR) is 101 cm³/mol. The molecule has 0 aliphatic heterocycles. The summed E-state index contributed by atoms with van der Waals surface area (Å²) >= 11 is 0. The maximum atomic E-state index is 12.0. The van der Waals surface area contributed by atoms with Crippen LogP contribution in [-0.2, 0) is 20.7 Å². The first-order chi connectivity index (χ1) is 12.1. The van der Waals surface area contributed by atoms with Crippen LogP contribution in [0.1, 0.15) is 63.4 Å². The van der Waals surface area contributed by atoms with Gasteiger partial charge in [-0.3, -0.25) is 9.59 Å². The number of aliphatic hydroxyl groups is 1. The lowest BCUT2D eigenvalue weighted by atomic mass is 9.91. The van der Waals surface area contributed by atoms with Crippen LogP contribution in [0.2, 0.25) is 0 Å². The van der Waals surface area contributed by atoms with Crippen molar-refractivity contribution in [2.24, 2.45) is 5.41 Å². The molecule has 5 heteroatoms. The summed E-state index contributed by atoms with van der Waals surface area (Å²) in [6.45, 7) is 9.93. The number of aryl methyl sites for hydroxylation is 1. The maximum Gasteiger partial charge on any atom is 0.311 e. The van der Waals surface area contributed by atoms with E-state index in [0.29, 0.717) is 18.8 Å². The molecule has 1 aromatic rings. The molecule has 0 amide bonds. The highest BCUT2D eigenvalue weighted by Crippen LogP contribution is 2.21. The smallest absolute Gasteiger partial charge is 0.311 e. The van der Waals surface area contributed by atoms with E-state index in [9.17, 15) is 14.7 Å². The molecule has 0 aliphatic rings. The molecular formula is C21H32O5. The van der Waals surface area contributed by atoms with E-state index in [1.807, 2.05) is 32.9 Å². The van der Waals surface area contributed by atoms with Crippen molar-refractivity contribution in [3.05, 3.63) is 35.4 Å². The molecule has 0 saturated heterocycles. The highest BCUT2D eigenvalue weighted by molar-refractivity contribution is 6.01. The number of rotatable bonds is 11. The lowest BCUT2D eigenvalue weighted by Crippen LogP contribution is -2.31. The minimum absolute atomic E-state index is 0.190. The van der Waals surface area contributed by atoms with E-state index in [4.69, 9.17) is 9.47 Å². The molecule has 0 unspecified atom stereocenters. The molecule has 1 rings (SSSR count). The van der Waals surface area contributed by atoms with E-state index >= 15 is 0 Å². The molecule has 5 nitrogen and oxygen atoms in total. The lowest BCUT2D eigenvalue weighted by molar-refractivity contribution is -0.155. The summed E-state index contributed by atoms with van der Waals surface area (Å²) in [4.78, 5) is 23.8. The first-order valence-electron chi connectivity index (χ1n) is 9.19. The monoisotopic (exact) mass is 364 g/mol. The Bertz CT molecular complexity index is 581. The highest BCUT2D eigenvalue weighted by Gasteiger charge is 2.27. The van der Waals surface area contributed by atoms with Gasteiger partial charge >= 0.3 is 5.97 Å². The van der Waals surface area contributed by atoms with Crippen LogP contribution in [0.5, 0.6) is 0 Å². The number of ketones is 1. The van der Waals surface area contributed by atoms with Gasteiger partial charge in [0, 0.05) is 12.2 Å². The Morgan fingerprint density at radius 3 is 2.15 bits per heavy atom. The van der Waals surface area contributed by atoms with Crippen molar-refractivity contribution in [3.8, 4) is 0 Å². The van der Waals surface area contributed by atoms with Crippen molar-refractivity contribution < 1.29 is 24.2 Å². The van der Waals surface area contributed by atoms with Crippen molar-refractivity contribution in [1.29, 1.82) is 0 Å². The topological polar surface area (TPSA) is 72.8 Å². The number of Topliss-reactive ketones (excluding diaryl/α,β-unsaturated/α-hetero) is 1. The second-order valence-electron chi connectivity index (χ2n) is 7.67. The average Bonchev–Trinajstić information content (AvgIpc) is 2.59. The summed E-state index contributed by atoms with van der Waals surface area (Å²) in [5.41, 5.74) is -0.185. The van der Waals surface area contributed by atoms with E-state index < -0.39 is 11.0 Å². The first kappa shape index (κ1) is 22.3. The van der Waals surface area contributed by atoms with Crippen LogP contribution < -0.4 is 0 Å². The summed E-state index contributed by atoms with van der Waals surface area (Å²) in [5, 5.41) is 9.75. The lowest BCUT2D eigenvalue weighted by Gasteiger charge is -2.20. The summed E-state index contributed by atoms with van der Waals surface area (Å²) < 4.78 is 10.7. The van der Waals surface area contributed by atoms with Gasteiger partial charge in [0.25, 0.3) is 0 Å². The number of carbonyl (C=O) groups is 2. The summed E-state index contributed by atoms with van der Waals surface area (Å²) in [7, 11) is 0. The van der Waals surface area contributed by atoms with Crippen LogP contribution in [0.15, 0.2) is 24.3 Å². The van der Waals surface area contributed by atoms with E-state index in [0.717, 1.165) is 24.8 Å². The van der Waals surface area contributed by atoms with Crippen LogP contribution in [0.25, 0.3) is 0 Å². The minimum Gasteiger partial charge on any atom is -0.463 e. The maximum absolute atomic E-state index is 12.0. The van der Waals surface area contributed by atoms with Gasteiger partial charge in [0.15, 0.2) is 5.78 Å². The molecule has 1 N–H and O–H groups in total. The predicted octanol–water partition coefficient (Wildman–Crippen LogP) is 3.57. The number of ether oxygens (including phenoxy) is 2. The number of benzene rings is 1. The molecule has 0 aromatic heterocycles. The van der Waals surface area contributed by atoms with E-state index in [-0.39, 0.29) is 18.4 Å². The zero-order valence-corrected chi connectivity index (χ0v) is 16.6. The van der Waals surface area contributed by atoms with E-state index in [1.54, 1.807) is 12.1 Å². The third-order valence-electron chi connectivity index (χ3n) is 4.42. The summed E-state index contributed by atoms with van der Waals surface area (Å²) in [6, 6.07) is 7.28. The zero-order valence-electron chi connectivity index (χ0n) is 16.6. The third kappa shape index (κ3) is 7.26. The van der Waals surface area contributed by atoms with Crippen LogP contribution in [0.4, 0.5) is 0 Å². The molecule has 146 valence electrons. The molecule has 0 atom stereocenters. The Labute approximate surface area is 156 Å².